The summed E-state index contributed by atoms with van der Waals surface area (Å²) in [6.45, 7) is 10.4. The maximum atomic E-state index is 12.9. The molecule has 3 rings (SSSR count). The molecule has 1 fully saturated rings. The molecule has 1 N–H and O–H groups in total. The normalized spacial score (nSPS) is 38.4. The highest BCUT2D eigenvalue weighted by atomic mass is 16.7. The van der Waals surface area contributed by atoms with E-state index in [2.05, 4.69) is 32.1 Å². The number of esters is 1. The topological polar surface area (TPSA) is 65.0 Å². The van der Waals surface area contributed by atoms with Crippen molar-refractivity contribution in [1.29, 1.82) is 0 Å². The van der Waals surface area contributed by atoms with Gasteiger partial charge in [-0.3, -0.25) is 4.79 Å². The molecule has 176 valence electrons. The highest BCUT2D eigenvalue weighted by Gasteiger charge is 2.43. The van der Waals surface area contributed by atoms with Gasteiger partial charge in [0.2, 0.25) is 0 Å². The number of allylic oxidation sites excluding steroid dienone is 3. The summed E-state index contributed by atoms with van der Waals surface area (Å²) in [6.07, 6.45) is 10.8. The molecule has 0 aromatic carbocycles. The summed E-state index contributed by atoms with van der Waals surface area (Å²) in [5.74, 6) is 1.32. The molecule has 0 aromatic rings. The molecule has 1 unspecified atom stereocenters. The van der Waals surface area contributed by atoms with E-state index in [1.165, 1.54) is 5.57 Å². The first-order chi connectivity index (χ1) is 14.6. The summed E-state index contributed by atoms with van der Waals surface area (Å²) >= 11 is 0. The van der Waals surface area contributed by atoms with Crippen LogP contribution in [0.2, 0.25) is 0 Å². The molecule has 0 spiro atoms. The van der Waals surface area contributed by atoms with Crippen molar-refractivity contribution >= 4 is 5.97 Å². The molecule has 31 heavy (non-hydrogen) atoms. The van der Waals surface area contributed by atoms with E-state index in [4.69, 9.17) is 14.2 Å². The summed E-state index contributed by atoms with van der Waals surface area (Å²) in [7, 11) is 1.63. The van der Waals surface area contributed by atoms with E-state index < -0.39 is 5.41 Å². The molecule has 2 aliphatic carbocycles. The van der Waals surface area contributed by atoms with Crippen LogP contribution in [0.1, 0.15) is 73.1 Å². The number of aliphatic hydroxyl groups is 1. The predicted molar refractivity (Wildman–Crippen MR) is 121 cm³/mol. The van der Waals surface area contributed by atoms with Gasteiger partial charge >= 0.3 is 5.97 Å². The minimum atomic E-state index is -0.461. The number of ether oxygens (including phenoxy) is 3. The van der Waals surface area contributed by atoms with Crippen molar-refractivity contribution in [3.05, 3.63) is 23.8 Å². The minimum Gasteiger partial charge on any atom is -0.461 e. The van der Waals surface area contributed by atoms with E-state index in [1.807, 2.05) is 20.8 Å². The summed E-state index contributed by atoms with van der Waals surface area (Å²) in [5, 5.41) is 10.2. The minimum absolute atomic E-state index is 0.00164. The van der Waals surface area contributed by atoms with Gasteiger partial charge in [-0.15, -0.1) is 0 Å². The molecule has 5 heteroatoms. The largest absolute Gasteiger partial charge is 0.461 e. The molecule has 0 saturated carbocycles. The molecule has 0 amide bonds. The average Bonchev–Trinajstić information content (AvgIpc) is 2.72. The molecular formula is C26H42O5. The van der Waals surface area contributed by atoms with Gasteiger partial charge in [0.25, 0.3) is 0 Å². The molecular weight excluding hydrogens is 392 g/mol. The van der Waals surface area contributed by atoms with Crippen molar-refractivity contribution in [3.63, 3.8) is 0 Å². The summed E-state index contributed by atoms with van der Waals surface area (Å²) in [5.41, 5.74) is 0.852. The van der Waals surface area contributed by atoms with E-state index in [-0.39, 0.29) is 36.5 Å². The van der Waals surface area contributed by atoms with Gasteiger partial charge in [-0.25, -0.2) is 0 Å². The lowest BCUT2D eigenvalue weighted by molar-refractivity contribution is -0.205. The van der Waals surface area contributed by atoms with Crippen molar-refractivity contribution in [1.82, 2.24) is 0 Å². The Kier molecular flexibility index (Phi) is 8.04. The molecule has 0 aromatic heterocycles. The van der Waals surface area contributed by atoms with Crippen molar-refractivity contribution in [2.24, 2.45) is 29.1 Å². The SMILES string of the molecule is CCC(C)(C)C(=O)O[C@H]1C[C@@H](C)C=C2C=C[C@H](C)[C@H](CC[C@@H]3C[C@@H](O)CC(OC)O3)[C@H]21. The molecule has 0 radical (unpaired) electrons. The van der Waals surface area contributed by atoms with Crippen LogP contribution in [0, 0.1) is 29.1 Å². The Balaban J connectivity index is 1.75. The van der Waals surface area contributed by atoms with Gasteiger partial charge in [0.05, 0.1) is 17.6 Å². The number of carbonyl (C=O) groups is 1. The third kappa shape index (κ3) is 5.80. The van der Waals surface area contributed by atoms with Crippen LogP contribution >= 0.6 is 0 Å². The van der Waals surface area contributed by atoms with Crippen LogP contribution in [0.25, 0.3) is 0 Å². The first-order valence-electron chi connectivity index (χ1n) is 12.1. The van der Waals surface area contributed by atoms with E-state index in [0.717, 1.165) is 25.7 Å². The van der Waals surface area contributed by atoms with Gasteiger partial charge in [0.1, 0.15) is 6.10 Å². The van der Waals surface area contributed by atoms with Crippen LogP contribution in [-0.4, -0.2) is 42.8 Å². The van der Waals surface area contributed by atoms with Crippen LogP contribution in [0.15, 0.2) is 23.8 Å². The van der Waals surface area contributed by atoms with E-state index in [1.54, 1.807) is 7.11 Å². The third-order valence-electron chi connectivity index (χ3n) is 7.72. The summed E-state index contributed by atoms with van der Waals surface area (Å²) in [6, 6.07) is 0. The lowest BCUT2D eigenvalue weighted by Gasteiger charge is -2.44. The smallest absolute Gasteiger partial charge is 0.311 e. The molecule has 8 atom stereocenters. The summed E-state index contributed by atoms with van der Waals surface area (Å²) < 4.78 is 17.6. The highest BCUT2D eigenvalue weighted by Crippen LogP contribution is 2.45. The van der Waals surface area contributed by atoms with Gasteiger partial charge in [-0.05, 0) is 69.3 Å². The molecule has 3 aliphatic rings. The molecule has 1 saturated heterocycles. The Labute approximate surface area is 188 Å². The number of hydrogen-bond donors (Lipinski definition) is 1. The zero-order valence-electron chi connectivity index (χ0n) is 20.2. The van der Waals surface area contributed by atoms with Crippen LogP contribution in [0.4, 0.5) is 0 Å². The quantitative estimate of drug-likeness (QED) is 0.569. The maximum Gasteiger partial charge on any atom is 0.311 e. The predicted octanol–water partition coefficient (Wildman–Crippen LogP) is 5.03. The number of fused-ring (bicyclic) bond motifs is 1. The fraction of sp³-hybridized carbons (Fsp3) is 0.808. The number of rotatable bonds is 7. The molecule has 1 aliphatic heterocycles. The second kappa shape index (κ2) is 10.2. The number of carbonyl (C=O) groups excluding carboxylic acids is 1. The molecule has 5 nitrogen and oxygen atoms in total. The van der Waals surface area contributed by atoms with E-state index in [9.17, 15) is 9.90 Å². The standard InChI is InChI=1S/C26H42O5/c1-7-26(4,5)25(28)31-22-13-16(2)12-18-9-8-17(3)21(24(18)22)11-10-20-14-19(27)15-23(29-6)30-20/h8-9,12,16-17,19-24,27H,7,10-11,13-15H2,1-6H3/t16-,17-,19+,20+,21-,22-,23?,24-/m0/s1. The summed E-state index contributed by atoms with van der Waals surface area (Å²) in [4.78, 5) is 12.9. The Bertz CT molecular complexity index is 681. The molecule has 0 bridgehead atoms. The Hall–Kier alpha value is -1.17. The Morgan fingerprint density at radius 2 is 1.97 bits per heavy atom. The van der Waals surface area contributed by atoms with Crippen molar-refractivity contribution in [2.45, 2.75) is 97.7 Å². The second-order valence-corrected chi connectivity index (χ2v) is 10.6. The van der Waals surface area contributed by atoms with Crippen molar-refractivity contribution in [3.8, 4) is 0 Å². The van der Waals surface area contributed by atoms with Gasteiger partial charge in [0, 0.05) is 19.4 Å². The number of aliphatic hydroxyl groups excluding tert-OH is 1. The van der Waals surface area contributed by atoms with Crippen LogP contribution in [0.3, 0.4) is 0 Å². The van der Waals surface area contributed by atoms with Crippen LogP contribution in [-0.2, 0) is 19.0 Å². The van der Waals surface area contributed by atoms with E-state index >= 15 is 0 Å². The molecule has 1 heterocycles. The number of methoxy groups -OCH3 is 1. The van der Waals surface area contributed by atoms with Crippen molar-refractivity contribution in [2.75, 3.05) is 7.11 Å². The van der Waals surface area contributed by atoms with E-state index in [0.29, 0.717) is 30.6 Å². The van der Waals surface area contributed by atoms with Gasteiger partial charge in [0.15, 0.2) is 6.29 Å². The Morgan fingerprint density at radius 3 is 2.65 bits per heavy atom. The van der Waals surface area contributed by atoms with Crippen LogP contribution < -0.4 is 0 Å². The van der Waals surface area contributed by atoms with Crippen molar-refractivity contribution < 1.29 is 24.1 Å². The van der Waals surface area contributed by atoms with Gasteiger partial charge in [-0.2, -0.15) is 0 Å². The fourth-order valence-corrected chi connectivity index (χ4v) is 5.33. The third-order valence-corrected chi connectivity index (χ3v) is 7.72. The lowest BCUT2D eigenvalue weighted by Crippen LogP contribution is -2.43. The highest BCUT2D eigenvalue weighted by molar-refractivity contribution is 5.76. The number of hydrogen-bond acceptors (Lipinski definition) is 5. The van der Waals surface area contributed by atoms with Gasteiger partial charge in [-0.1, -0.05) is 39.0 Å². The first kappa shape index (κ1) is 24.5. The fourth-order valence-electron chi connectivity index (χ4n) is 5.33. The monoisotopic (exact) mass is 434 g/mol. The first-order valence-corrected chi connectivity index (χ1v) is 12.1. The maximum absolute atomic E-state index is 12.9. The lowest BCUT2D eigenvalue weighted by atomic mass is 9.65. The van der Waals surface area contributed by atoms with Gasteiger partial charge < -0.3 is 19.3 Å². The Morgan fingerprint density at radius 1 is 1.23 bits per heavy atom. The van der Waals surface area contributed by atoms with Crippen LogP contribution in [0.5, 0.6) is 0 Å². The second-order valence-electron chi connectivity index (χ2n) is 10.6. The zero-order chi connectivity index (χ0) is 22.8. The average molecular weight is 435 g/mol. The zero-order valence-corrected chi connectivity index (χ0v) is 20.2.